The minimum absolute atomic E-state index is 0.261. The summed E-state index contributed by atoms with van der Waals surface area (Å²) in [6.07, 6.45) is 1.13. The van der Waals surface area contributed by atoms with E-state index in [0.717, 1.165) is 13.0 Å². The van der Waals surface area contributed by atoms with E-state index in [0.29, 0.717) is 24.0 Å². The summed E-state index contributed by atoms with van der Waals surface area (Å²) < 4.78 is 5.43. The molecule has 0 spiro atoms. The predicted molar refractivity (Wildman–Crippen MR) is 66.2 cm³/mol. The Morgan fingerprint density at radius 2 is 2.18 bits per heavy atom. The molecule has 0 fully saturated rings. The highest BCUT2D eigenvalue weighted by atomic mass is 16.4. The summed E-state index contributed by atoms with van der Waals surface area (Å²) in [6.45, 7) is 7.70. The summed E-state index contributed by atoms with van der Waals surface area (Å²) in [4.78, 5) is 13.0. The van der Waals surface area contributed by atoms with Gasteiger partial charge >= 0.3 is 5.97 Å². The lowest BCUT2D eigenvalue weighted by Gasteiger charge is -2.16. The average molecular weight is 239 g/mol. The van der Waals surface area contributed by atoms with Crippen LogP contribution < -0.4 is 0 Å². The number of carboxylic acids is 1. The van der Waals surface area contributed by atoms with Crippen molar-refractivity contribution in [1.82, 2.24) is 4.90 Å². The van der Waals surface area contributed by atoms with Gasteiger partial charge in [0.1, 0.15) is 17.1 Å². The van der Waals surface area contributed by atoms with Gasteiger partial charge in [-0.2, -0.15) is 0 Å². The lowest BCUT2D eigenvalue weighted by atomic mass is 10.1. The Morgan fingerprint density at radius 3 is 2.65 bits per heavy atom. The van der Waals surface area contributed by atoms with Crippen LogP contribution in [0.1, 0.15) is 42.1 Å². The Balaban J connectivity index is 2.57. The molecule has 1 N–H and O–H groups in total. The molecule has 4 heteroatoms. The van der Waals surface area contributed by atoms with Gasteiger partial charge in [-0.1, -0.05) is 13.8 Å². The predicted octanol–water partition coefficient (Wildman–Crippen LogP) is 2.76. The van der Waals surface area contributed by atoms with Crippen LogP contribution in [-0.4, -0.2) is 29.6 Å². The summed E-state index contributed by atoms with van der Waals surface area (Å²) in [7, 11) is 2.01. The minimum atomic E-state index is -0.928. The standard InChI is InChI=1S/C13H21NO3/c1-9(2)5-6-14(4)8-11-7-12(13(15)16)10(3)17-11/h7,9H,5-6,8H2,1-4H3,(H,15,16). The quantitative estimate of drug-likeness (QED) is 0.829. The van der Waals surface area contributed by atoms with Crippen molar-refractivity contribution in [2.45, 2.75) is 33.7 Å². The van der Waals surface area contributed by atoms with Gasteiger partial charge < -0.3 is 9.52 Å². The van der Waals surface area contributed by atoms with Gasteiger partial charge in [0.2, 0.25) is 0 Å². The van der Waals surface area contributed by atoms with Crippen LogP contribution in [-0.2, 0) is 6.54 Å². The van der Waals surface area contributed by atoms with E-state index in [-0.39, 0.29) is 5.56 Å². The zero-order valence-electron chi connectivity index (χ0n) is 11.0. The molecule has 0 aromatic carbocycles. The largest absolute Gasteiger partial charge is 0.478 e. The highest BCUT2D eigenvalue weighted by Gasteiger charge is 2.14. The van der Waals surface area contributed by atoms with Crippen LogP contribution in [0.2, 0.25) is 0 Å². The molecule has 1 heterocycles. The van der Waals surface area contributed by atoms with E-state index >= 15 is 0 Å². The van der Waals surface area contributed by atoms with Crippen molar-refractivity contribution >= 4 is 5.97 Å². The molecule has 4 nitrogen and oxygen atoms in total. The molecular weight excluding hydrogens is 218 g/mol. The van der Waals surface area contributed by atoms with Gasteiger partial charge in [-0.25, -0.2) is 4.79 Å². The molecule has 0 bridgehead atoms. The molecule has 0 aliphatic carbocycles. The van der Waals surface area contributed by atoms with Crippen molar-refractivity contribution in [2.24, 2.45) is 5.92 Å². The van der Waals surface area contributed by atoms with Gasteiger partial charge in [-0.3, -0.25) is 4.90 Å². The number of nitrogens with zero attached hydrogens (tertiary/aromatic N) is 1. The van der Waals surface area contributed by atoms with Crippen molar-refractivity contribution in [3.63, 3.8) is 0 Å². The Morgan fingerprint density at radius 1 is 1.53 bits per heavy atom. The third-order valence-electron chi connectivity index (χ3n) is 2.71. The van der Waals surface area contributed by atoms with Gasteiger partial charge in [0.15, 0.2) is 0 Å². The van der Waals surface area contributed by atoms with E-state index in [2.05, 4.69) is 18.7 Å². The van der Waals surface area contributed by atoms with E-state index in [1.165, 1.54) is 0 Å². The van der Waals surface area contributed by atoms with Crippen LogP contribution in [0.15, 0.2) is 10.5 Å². The lowest BCUT2D eigenvalue weighted by molar-refractivity contribution is 0.0695. The van der Waals surface area contributed by atoms with Crippen LogP contribution in [0.3, 0.4) is 0 Å². The summed E-state index contributed by atoms with van der Waals surface area (Å²) in [6, 6.07) is 1.61. The minimum Gasteiger partial charge on any atom is -0.478 e. The molecule has 1 rings (SSSR count). The SMILES string of the molecule is Cc1oc(CN(C)CCC(C)C)cc1C(=O)O. The van der Waals surface area contributed by atoms with E-state index in [1.807, 2.05) is 7.05 Å². The maximum atomic E-state index is 10.9. The van der Waals surface area contributed by atoms with Crippen LogP contribution in [0, 0.1) is 12.8 Å². The third kappa shape index (κ3) is 4.23. The normalized spacial score (nSPS) is 11.4. The number of carboxylic acid groups (broad SMARTS) is 1. The van der Waals surface area contributed by atoms with Crippen molar-refractivity contribution in [3.05, 3.63) is 23.2 Å². The number of hydrogen-bond donors (Lipinski definition) is 1. The summed E-state index contributed by atoms with van der Waals surface area (Å²) in [5.41, 5.74) is 0.261. The Bertz CT molecular complexity index is 382. The van der Waals surface area contributed by atoms with Crippen molar-refractivity contribution in [2.75, 3.05) is 13.6 Å². The molecule has 96 valence electrons. The molecule has 0 aliphatic rings. The Kier molecular flexibility index (Phi) is 4.75. The number of hydrogen-bond acceptors (Lipinski definition) is 3. The fourth-order valence-corrected chi connectivity index (χ4v) is 1.66. The third-order valence-corrected chi connectivity index (χ3v) is 2.71. The number of furan rings is 1. The zero-order valence-corrected chi connectivity index (χ0v) is 11.0. The first kappa shape index (κ1) is 13.8. The molecular formula is C13H21NO3. The second kappa shape index (κ2) is 5.87. The fraction of sp³-hybridized carbons (Fsp3) is 0.615. The van der Waals surface area contributed by atoms with Crippen molar-refractivity contribution < 1.29 is 14.3 Å². The van der Waals surface area contributed by atoms with Gasteiger partial charge in [0.05, 0.1) is 6.54 Å². The highest BCUT2D eigenvalue weighted by Crippen LogP contribution is 2.16. The Hall–Kier alpha value is -1.29. The molecule has 0 atom stereocenters. The average Bonchev–Trinajstić information content (AvgIpc) is 2.56. The van der Waals surface area contributed by atoms with E-state index in [4.69, 9.17) is 9.52 Å². The summed E-state index contributed by atoms with van der Waals surface area (Å²) in [5.74, 6) is 0.934. The molecule has 0 radical (unpaired) electrons. The van der Waals surface area contributed by atoms with Crippen LogP contribution >= 0.6 is 0 Å². The summed E-state index contributed by atoms with van der Waals surface area (Å²) in [5, 5.41) is 8.92. The fourth-order valence-electron chi connectivity index (χ4n) is 1.66. The number of carbonyl (C=O) groups is 1. The van der Waals surface area contributed by atoms with Crippen LogP contribution in [0.25, 0.3) is 0 Å². The smallest absolute Gasteiger partial charge is 0.339 e. The second-order valence-corrected chi connectivity index (χ2v) is 4.91. The number of aromatic carboxylic acids is 1. The summed E-state index contributed by atoms with van der Waals surface area (Å²) >= 11 is 0. The van der Waals surface area contributed by atoms with Crippen LogP contribution in [0.4, 0.5) is 0 Å². The van der Waals surface area contributed by atoms with Gasteiger partial charge in [0, 0.05) is 0 Å². The maximum absolute atomic E-state index is 10.9. The first-order chi connectivity index (χ1) is 7.90. The zero-order chi connectivity index (χ0) is 13.0. The molecule has 1 aromatic rings. The lowest BCUT2D eigenvalue weighted by Crippen LogP contribution is -2.20. The number of rotatable bonds is 6. The van der Waals surface area contributed by atoms with Gasteiger partial charge in [0.25, 0.3) is 0 Å². The second-order valence-electron chi connectivity index (χ2n) is 4.91. The molecule has 0 saturated heterocycles. The van der Waals surface area contributed by atoms with E-state index < -0.39 is 5.97 Å². The maximum Gasteiger partial charge on any atom is 0.339 e. The molecule has 0 unspecified atom stereocenters. The van der Waals surface area contributed by atoms with Crippen molar-refractivity contribution in [3.8, 4) is 0 Å². The first-order valence-electron chi connectivity index (χ1n) is 5.91. The molecule has 0 saturated carbocycles. The van der Waals surface area contributed by atoms with Crippen LogP contribution in [0.5, 0.6) is 0 Å². The van der Waals surface area contributed by atoms with E-state index in [9.17, 15) is 4.79 Å². The Labute approximate surface area is 102 Å². The molecule has 0 aliphatic heterocycles. The van der Waals surface area contributed by atoms with E-state index in [1.54, 1.807) is 13.0 Å². The van der Waals surface area contributed by atoms with Gasteiger partial charge in [-0.15, -0.1) is 0 Å². The molecule has 0 amide bonds. The van der Waals surface area contributed by atoms with Gasteiger partial charge in [-0.05, 0) is 38.9 Å². The molecule has 17 heavy (non-hydrogen) atoms. The topological polar surface area (TPSA) is 53.7 Å². The highest BCUT2D eigenvalue weighted by molar-refractivity contribution is 5.88. The monoisotopic (exact) mass is 239 g/mol. The molecule has 1 aromatic heterocycles. The number of aryl methyl sites for hydroxylation is 1. The first-order valence-corrected chi connectivity index (χ1v) is 5.91. The van der Waals surface area contributed by atoms with Crippen molar-refractivity contribution in [1.29, 1.82) is 0 Å².